The Balaban J connectivity index is 1.69. The Bertz CT molecular complexity index is 888. The molecular weight excluding hydrogens is 308 g/mol. The minimum absolute atomic E-state index is 0.232. The van der Waals surface area contributed by atoms with Crippen molar-refractivity contribution in [2.75, 3.05) is 6.54 Å². The SMILES string of the molecule is O=S(=O)(NCCCc1ccccc1)c1cccc2cccnc12. The quantitative estimate of drug-likeness (QED) is 0.708. The maximum Gasteiger partial charge on any atom is 0.242 e. The highest BCUT2D eigenvalue weighted by atomic mass is 32.2. The van der Waals surface area contributed by atoms with Crippen molar-refractivity contribution in [1.82, 2.24) is 9.71 Å². The molecule has 4 nitrogen and oxygen atoms in total. The summed E-state index contributed by atoms with van der Waals surface area (Å²) in [5, 5.41) is 0.819. The van der Waals surface area contributed by atoms with Gasteiger partial charge >= 0.3 is 0 Å². The summed E-state index contributed by atoms with van der Waals surface area (Å²) in [6.07, 6.45) is 3.20. The molecular formula is C18H18N2O2S. The number of sulfonamides is 1. The molecule has 3 rings (SSSR count). The predicted molar refractivity (Wildman–Crippen MR) is 91.7 cm³/mol. The summed E-state index contributed by atoms with van der Waals surface area (Å²) < 4.78 is 27.7. The molecule has 23 heavy (non-hydrogen) atoms. The second-order valence-electron chi connectivity index (χ2n) is 5.32. The molecule has 0 amide bonds. The molecule has 5 heteroatoms. The second kappa shape index (κ2) is 6.89. The first-order valence-electron chi connectivity index (χ1n) is 7.54. The zero-order valence-corrected chi connectivity index (χ0v) is 13.5. The number of nitrogens with zero attached hydrogens (tertiary/aromatic N) is 1. The van der Waals surface area contributed by atoms with Gasteiger partial charge in [0, 0.05) is 18.1 Å². The van der Waals surface area contributed by atoms with Gasteiger partial charge in [0.05, 0.1) is 5.52 Å². The van der Waals surface area contributed by atoms with Crippen LogP contribution in [0.2, 0.25) is 0 Å². The van der Waals surface area contributed by atoms with Crippen LogP contribution in [0, 0.1) is 0 Å². The van der Waals surface area contributed by atoms with Crippen molar-refractivity contribution >= 4 is 20.9 Å². The Labute approximate surface area is 136 Å². The number of aryl methyl sites for hydroxylation is 1. The summed E-state index contributed by atoms with van der Waals surface area (Å²) in [6, 6.07) is 18.9. The first-order chi connectivity index (χ1) is 11.2. The van der Waals surface area contributed by atoms with E-state index >= 15 is 0 Å². The van der Waals surface area contributed by atoms with E-state index in [2.05, 4.69) is 9.71 Å². The van der Waals surface area contributed by atoms with Crippen LogP contribution in [0.1, 0.15) is 12.0 Å². The summed E-state index contributed by atoms with van der Waals surface area (Å²) in [5.74, 6) is 0. The summed E-state index contributed by atoms with van der Waals surface area (Å²) in [6.45, 7) is 0.403. The molecule has 1 heterocycles. The van der Waals surface area contributed by atoms with Gasteiger partial charge in [-0.2, -0.15) is 0 Å². The van der Waals surface area contributed by atoms with Gasteiger partial charge in [-0.05, 0) is 30.5 Å². The summed E-state index contributed by atoms with van der Waals surface area (Å²) in [7, 11) is -3.55. The maximum atomic E-state index is 12.5. The van der Waals surface area contributed by atoms with Crippen molar-refractivity contribution in [2.45, 2.75) is 17.7 Å². The standard InChI is InChI=1S/C18H18N2O2S/c21-23(22,20-14-5-9-15-7-2-1-3-8-15)17-12-4-10-16-11-6-13-19-18(16)17/h1-4,6-8,10-13,20H,5,9,14H2. The van der Waals surface area contributed by atoms with Gasteiger partial charge in [-0.3, -0.25) is 4.98 Å². The monoisotopic (exact) mass is 326 g/mol. The molecule has 2 aromatic carbocycles. The molecule has 0 bridgehead atoms. The molecule has 0 saturated heterocycles. The van der Waals surface area contributed by atoms with Gasteiger partial charge in [-0.1, -0.05) is 48.5 Å². The highest BCUT2D eigenvalue weighted by molar-refractivity contribution is 7.89. The molecule has 0 atom stereocenters. The smallest absolute Gasteiger partial charge is 0.242 e. The van der Waals surface area contributed by atoms with Crippen molar-refractivity contribution in [1.29, 1.82) is 0 Å². The van der Waals surface area contributed by atoms with E-state index in [9.17, 15) is 8.42 Å². The number of fused-ring (bicyclic) bond motifs is 1. The average molecular weight is 326 g/mol. The summed E-state index contributed by atoms with van der Waals surface area (Å²) in [5.41, 5.74) is 1.71. The molecule has 0 aliphatic carbocycles. The molecule has 3 aromatic rings. The van der Waals surface area contributed by atoms with Crippen LogP contribution < -0.4 is 4.72 Å². The molecule has 0 spiro atoms. The van der Waals surface area contributed by atoms with Crippen molar-refractivity contribution in [3.05, 3.63) is 72.4 Å². The van der Waals surface area contributed by atoms with Crippen molar-refractivity contribution in [2.24, 2.45) is 0 Å². The first kappa shape index (κ1) is 15.6. The number of nitrogens with one attached hydrogen (secondary N) is 1. The third-order valence-corrected chi connectivity index (χ3v) is 5.15. The lowest BCUT2D eigenvalue weighted by atomic mass is 10.1. The van der Waals surface area contributed by atoms with E-state index in [0.717, 1.165) is 18.2 Å². The van der Waals surface area contributed by atoms with Gasteiger partial charge in [-0.15, -0.1) is 0 Å². The topological polar surface area (TPSA) is 59.1 Å². The Hall–Kier alpha value is -2.24. The van der Waals surface area contributed by atoms with E-state index in [1.165, 1.54) is 5.56 Å². The zero-order valence-electron chi connectivity index (χ0n) is 12.6. The highest BCUT2D eigenvalue weighted by Gasteiger charge is 2.17. The summed E-state index contributed by atoms with van der Waals surface area (Å²) >= 11 is 0. The summed E-state index contributed by atoms with van der Waals surface area (Å²) in [4.78, 5) is 4.44. The largest absolute Gasteiger partial charge is 0.255 e. The molecule has 0 unspecified atom stereocenters. The van der Waals surface area contributed by atoms with E-state index in [4.69, 9.17) is 0 Å². The van der Waals surface area contributed by atoms with E-state index in [0.29, 0.717) is 12.1 Å². The number of rotatable bonds is 6. The maximum absolute atomic E-state index is 12.5. The molecule has 0 aliphatic rings. The van der Waals surface area contributed by atoms with Crippen LogP contribution in [0.5, 0.6) is 0 Å². The van der Waals surface area contributed by atoms with Crippen LogP contribution in [-0.4, -0.2) is 19.9 Å². The molecule has 0 fully saturated rings. The Morgan fingerprint density at radius 2 is 1.70 bits per heavy atom. The van der Waals surface area contributed by atoms with Gasteiger partial charge in [0.2, 0.25) is 10.0 Å². The van der Waals surface area contributed by atoms with E-state index < -0.39 is 10.0 Å². The fraction of sp³-hybridized carbons (Fsp3) is 0.167. The van der Waals surface area contributed by atoms with Crippen LogP contribution in [0.3, 0.4) is 0 Å². The number of para-hydroxylation sites is 1. The lowest BCUT2D eigenvalue weighted by molar-refractivity contribution is 0.579. The fourth-order valence-electron chi connectivity index (χ4n) is 2.51. The number of hydrogen-bond acceptors (Lipinski definition) is 3. The molecule has 0 radical (unpaired) electrons. The third kappa shape index (κ3) is 3.75. The number of benzene rings is 2. The minimum atomic E-state index is -3.55. The third-order valence-electron chi connectivity index (χ3n) is 3.66. The van der Waals surface area contributed by atoms with Gasteiger partial charge in [0.25, 0.3) is 0 Å². The van der Waals surface area contributed by atoms with E-state index in [1.807, 2.05) is 42.5 Å². The first-order valence-corrected chi connectivity index (χ1v) is 9.02. The average Bonchev–Trinajstić information content (AvgIpc) is 2.59. The van der Waals surface area contributed by atoms with Crippen LogP contribution in [0.4, 0.5) is 0 Å². The Morgan fingerprint density at radius 3 is 2.52 bits per heavy atom. The van der Waals surface area contributed by atoms with Crippen LogP contribution in [-0.2, 0) is 16.4 Å². The lowest BCUT2D eigenvalue weighted by Gasteiger charge is -2.09. The zero-order chi connectivity index (χ0) is 16.1. The van der Waals surface area contributed by atoms with E-state index in [1.54, 1.807) is 24.4 Å². The van der Waals surface area contributed by atoms with Gasteiger partial charge < -0.3 is 0 Å². The Morgan fingerprint density at radius 1 is 0.913 bits per heavy atom. The van der Waals surface area contributed by atoms with Crippen LogP contribution in [0.25, 0.3) is 10.9 Å². The van der Waals surface area contributed by atoms with Gasteiger partial charge in [-0.25, -0.2) is 13.1 Å². The Kier molecular flexibility index (Phi) is 4.69. The highest BCUT2D eigenvalue weighted by Crippen LogP contribution is 2.20. The van der Waals surface area contributed by atoms with Crippen LogP contribution in [0.15, 0.2) is 71.8 Å². The van der Waals surface area contributed by atoms with E-state index in [-0.39, 0.29) is 4.90 Å². The molecule has 0 aliphatic heterocycles. The van der Waals surface area contributed by atoms with Gasteiger partial charge in [0.15, 0.2) is 0 Å². The molecule has 0 saturated carbocycles. The molecule has 1 aromatic heterocycles. The number of aromatic nitrogens is 1. The predicted octanol–water partition coefficient (Wildman–Crippen LogP) is 3.15. The van der Waals surface area contributed by atoms with Gasteiger partial charge in [0.1, 0.15) is 4.90 Å². The normalized spacial score (nSPS) is 11.7. The van der Waals surface area contributed by atoms with Crippen molar-refractivity contribution in [3.8, 4) is 0 Å². The molecule has 118 valence electrons. The van der Waals surface area contributed by atoms with Crippen LogP contribution >= 0.6 is 0 Å². The van der Waals surface area contributed by atoms with Crippen molar-refractivity contribution in [3.63, 3.8) is 0 Å². The molecule has 1 N–H and O–H groups in total. The lowest BCUT2D eigenvalue weighted by Crippen LogP contribution is -2.25. The number of hydrogen-bond donors (Lipinski definition) is 1. The second-order valence-corrected chi connectivity index (χ2v) is 7.05. The van der Waals surface area contributed by atoms with Crippen molar-refractivity contribution < 1.29 is 8.42 Å². The minimum Gasteiger partial charge on any atom is -0.255 e. The number of pyridine rings is 1. The fourth-order valence-corrected chi connectivity index (χ4v) is 3.77.